The highest BCUT2D eigenvalue weighted by atomic mass is 16.6. The van der Waals surface area contributed by atoms with Crippen molar-refractivity contribution in [1.29, 1.82) is 0 Å². The van der Waals surface area contributed by atoms with Gasteiger partial charge < -0.3 is 9.84 Å². The van der Waals surface area contributed by atoms with Crippen LogP contribution in [0.1, 0.15) is 36.0 Å². The van der Waals surface area contributed by atoms with Crippen LogP contribution in [0.5, 0.6) is 0 Å². The van der Waals surface area contributed by atoms with Crippen molar-refractivity contribution < 1.29 is 14.2 Å². The lowest BCUT2D eigenvalue weighted by molar-refractivity contribution is -0.386. The Hall–Kier alpha value is -2.77. The normalized spacial score (nSPS) is 10.6. The molecule has 0 saturated carbocycles. The molecule has 2 heterocycles. The maximum absolute atomic E-state index is 12.0. The second kappa shape index (κ2) is 5.47. The van der Waals surface area contributed by atoms with E-state index >= 15 is 0 Å². The fourth-order valence-corrected chi connectivity index (χ4v) is 1.63. The van der Waals surface area contributed by atoms with Gasteiger partial charge in [0.2, 0.25) is 11.5 Å². The summed E-state index contributed by atoms with van der Waals surface area (Å²) in [7, 11) is 0. The van der Waals surface area contributed by atoms with Crippen molar-refractivity contribution in [3.8, 4) is 0 Å². The molecule has 2 rings (SSSR count). The Morgan fingerprint density at radius 1 is 1.50 bits per heavy atom. The number of aromatic nitrogens is 2. The zero-order valence-electron chi connectivity index (χ0n) is 10.9. The Labute approximate surface area is 113 Å². The molecule has 0 radical (unpaired) electrons. The second-order valence-corrected chi connectivity index (χ2v) is 4.35. The third kappa shape index (κ3) is 2.63. The van der Waals surface area contributed by atoms with Gasteiger partial charge in [0.1, 0.15) is 0 Å². The number of carbonyl (C=O) groups excluding carboxylic acids is 1. The zero-order chi connectivity index (χ0) is 14.7. The maximum atomic E-state index is 12.0. The van der Waals surface area contributed by atoms with Gasteiger partial charge in [-0.2, -0.15) is 0 Å². The van der Waals surface area contributed by atoms with Crippen molar-refractivity contribution in [3.63, 3.8) is 0 Å². The van der Waals surface area contributed by atoms with Crippen molar-refractivity contribution >= 4 is 17.3 Å². The molecular formula is C12H12N4O4. The van der Waals surface area contributed by atoms with Crippen molar-refractivity contribution in [2.75, 3.05) is 5.32 Å². The minimum Gasteiger partial charge on any atom is -0.353 e. The van der Waals surface area contributed by atoms with E-state index in [0.29, 0.717) is 5.69 Å². The van der Waals surface area contributed by atoms with E-state index in [1.807, 2.05) is 0 Å². The van der Waals surface area contributed by atoms with Crippen LogP contribution in [0.15, 0.2) is 29.0 Å². The first-order valence-corrected chi connectivity index (χ1v) is 5.86. The molecule has 2 aromatic heterocycles. The van der Waals surface area contributed by atoms with E-state index < -0.39 is 16.5 Å². The van der Waals surface area contributed by atoms with E-state index in [-0.39, 0.29) is 17.4 Å². The van der Waals surface area contributed by atoms with Gasteiger partial charge in [0.15, 0.2) is 0 Å². The molecule has 0 aliphatic carbocycles. The van der Waals surface area contributed by atoms with Gasteiger partial charge in [0.05, 0.1) is 16.8 Å². The van der Waals surface area contributed by atoms with Crippen LogP contribution in [0.2, 0.25) is 0 Å². The highest BCUT2D eigenvalue weighted by molar-refractivity contribution is 6.05. The quantitative estimate of drug-likeness (QED) is 0.677. The lowest BCUT2D eigenvalue weighted by Crippen LogP contribution is -2.14. The first-order valence-electron chi connectivity index (χ1n) is 5.86. The fourth-order valence-electron chi connectivity index (χ4n) is 1.63. The van der Waals surface area contributed by atoms with Gasteiger partial charge in [-0.15, -0.1) is 0 Å². The summed E-state index contributed by atoms with van der Waals surface area (Å²) in [5, 5.41) is 17.1. The summed E-state index contributed by atoms with van der Waals surface area (Å²) in [4.78, 5) is 26.3. The van der Waals surface area contributed by atoms with Crippen LogP contribution in [0, 0.1) is 10.1 Å². The van der Waals surface area contributed by atoms with Crippen LogP contribution >= 0.6 is 0 Å². The molecule has 0 unspecified atom stereocenters. The Morgan fingerprint density at radius 3 is 2.80 bits per heavy atom. The first kappa shape index (κ1) is 13.7. The molecule has 104 valence electrons. The first-order chi connectivity index (χ1) is 9.50. The number of hydrogen-bond donors (Lipinski definition) is 1. The summed E-state index contributed by atoms with van der Waals surface area (Å²) in [6.07, 6.45) is 2.97. The molecule has 1 N–H and O–H groups in total. The van der Waals surface area contributed by atoms with E-state index in [1.54, 1.807) is 32.2 Å². The molecule has 2 aromatic rings. The SMILES string of the molecule is CC(C)c1onc(C(=O)Nc2cccnc2)c1[N+](=O)[O-]. The number of pyridine rings is 1. The standard InChI is InChI=1S/C12H12N4O4/c1-7(2)11-10(16(18)19)9(15-20-11)12(17)14-8-4-3-5-13-6-8/h3-7H,1-2H3,(H,14,17). The predicted octanol–water partition coefficient (Wildman–Crippen LogP) is 2.35. The largest absolute Gasteiger partial charge is 0.353 e. The highest BCUT2D eigenvalue weighted by Gasteiger charge is 2.33. The smallest absolute Gasteiger partial charge is 0.344 e. The lowest BCUT2D eigenvalue weighted by Gasteiger charge is -2.01. The zero-order valence-corrected chi connectivity index (χ0v) is 10.9. The van der Waals surface area contributed by atoms with Crippen LogP contribution in [0.3, 0.4) is 0 Å². The fraction of sp³-hybridized carbons (Fsp3) is 0.250. The minimum absolute atomic E-state index is 0.0753. The van der Waals surface area contributed by atoms with Crippen molar-refractivity contribution in [1.82, 2.24) is 10.1 Å². The van der Waals surface area contributed by atoms with E-state index in [9.17, 15) is 14.9 Å². The average molecular weight is 276 g/mol. The molecule has 8 nitrogen and oxygen atoms in total. The van der Waals surface area contributed by atoms with Gasteiger partial charge >= 0.3 is 5.69 Å². The number of rotatable bonds is 4. The summed E-state index contributed by atoms with van der Waals surface area (Å²) in [5.74, 6) is -0.880. The number of nitro groups is 1. The third-order valence-corrected chi connectivity index (χ3v) is 2.53. The number of carbonyl (C=O) groups is 1. The summed E-state index contributed by atoms with van der Waals surface area (Å²) in [5.41, 5.74) is -0.329. The molecule has 0 bridgehead atoms. The second-order valence-electron chi connectivity index (χ2n) is 4.35. The van der Waals surface area contributed by atoms with Gasteiger partial charge in [-0.1, -0.05) is 19.0 Å². The molecule has 0 spiro atoms. The van der Waals surface area contributed by atoms with Crippen molar-refractivity contribution in [3.05, 3.63) is 46.1 Å². The molecule has 0 saturated heterocycles. The molecule has 0 atom stereocenters. The Balaban J connectivity index is 2.33. The van der Waals surface area contributed by atoms with Crippen LogP contribution in [-0.4, -0.2) is 21.0 Å². The molecule has 1 amide bonds. The van der Waals surface area contributed by atoms with Crippen LogP contribution in [-0.2, 0) is 0 Å². The van der Waals surface area contributed by atoms with Crippen molar-refractivity contribution in [2.45, 2.75) is 19.8 Å². The molecule has 0 aliphatic rings. The van der Waals surface area contributed by atoms with Gasteiger partial charge in [-0.3, -0.25) is 19.9 Å². The predicted molar refractivity (Wildman–Crippen MR) is 69.4 cm³/mol. The van der Waals surface area contributed by atoms with E-state index in [2.05, 4.69) is 15.5 Å². The summed E-state index contributed by atoms with van der Waals surface area (Å²) < 4.78 is 4.91. The van der Waals surface area contributed by atoms with Gasteiger partial charge in [0, 0.05) is 12.1 Å². The monoisotopic (exact) mass is 276 g/mol. The van der Waals surface area contributed by atoms with Crippen molar-refractivity contribution in [2.24, 2.45) is 0 Å². The van der Waals surface area contributed by atoms with E-state index in [1.165, 1.54) is 6.20 Å². The molecule has 0 fully saturated rings. The van der Waals surface area contributed by atoms with Gasteiger partial charge in [-0.05, 0) is 12.1 Å². The molecule has 8 heteroatoms. The molecule has 0 aromatic carbocycles. The number of hydrogen-bond acceptors (Lipinski definition) is 6. The summed E-state index contributed by atoms with van der Waals surface area (Å²) in [6.45, 7) is 3.44. The van der Waals surface area contributed by atoms with Gasteiger partial charge in [0.25, 0.3) is 5.91 Å². The van der Waals surface area contributed by atoms with Crippen LogP contribution < -0.4 is 5.32 Å². The van der Waals surface area contributed by atoms with E-state index in [4.69, 9.17) is 4.52 Å². The number of amides is 1. The van der Waals surface area contributed by atoms with Crippen LogP contribution in [0.25, 0.3) is 0 Å². The third-order valence-electron chi connectivity index (χ3n) is 2.53. The molecule has 0 aliphatic heterocycles. The number of nitrogens with one attached hydrogen (secondary N) is 1. The summed E-state index contributed by atoms with van der Waals surface area (Å²) in [6, 6.07) is 3.24. The molecule has 20 heavy (non-hydrogen) atoms. The lowest BCUT2D eigenvalue weighted by atomic mass is 10.1. The number of nitrogens with zero attached hydrogens (tertiary/aromatic N) is 3. The average Bonchev–Trinajstić information content (AvgIpc) is 2.84. The van der Waals surface area contributed by atoms with E-state index in [0.717, 1.165) is 0 Å². The highest BCUT2D eigenvalue weighted by Crippen LogP contribution is 2.30. The Kier molecular flexibility index (Phi) is 3.74. The Bertz CT molecular complexity index is 636. The Morgan fingerprint density at radius 2 is 2.25 bits per heavy atom. The number of anilines is 1. The molecular weight excluding hydrogens is 264 g/mol. The minimum atomic E-state index is -0.708. The topological polar surface area (TPSA) is 111 Å². The van der Waals surface area contributed by atoms with Crippen LogP contribution in [0.4, 0.5) is 11.4 Å². The maximum Gasteiger partial charge on any atom is 0.344 e. The summed E-state index contributed by atoms with van der Waals surface area (Å²) >= 11 is 0. The van der Waals surface area contributed by atoms with Gasteiger partial charge in [-0.25, -0.2) is 0 Å².